The van der Waals surface area contributed by atoms with E-state index < -0.39 is 5.60 Å². The van der Waals surface area contributed by atoms with Crippen molar-refractivity contribution < 1.29 is 9.90 Å². The Hall–Kier alpha value is -0.610. The third-order valence-corrected chi connectivity index (χ3v) is 3.99. The van der Waals surface area contributed by atoms with Gasteiger partial charge in [0.25, 0.3) is 0 Å². The van der Waals surface area contributed by atoms with Crippen molar-refractivity contribution in [3.8, 4) is 0 Å². The van der Waals surface area contributed by atoms with Crippen LogP contribution in [0.5, 0.6) is 0 Å². The van der Waals surface area contributed by atoms with Gasteiger partial charge in [0.2, 0.25) is 5.91 Å². The monoisotopic (exact) mass is 270 g/mol. The number of amides is 1. The zero-order chi connectivity index (χ0) is 14.6. The highest BCUT2D eigenvalue weighted by Crippen LogP contribution is 2.26. The average molecular weight is 270 g/mol. The molecule has 1 saturated carbocycles. The van der Waals surface area contributed by atoms with Gasteiger partial charge in [0.15, 0.2) is 0 Å². The minimum atomic E-state index is -0.756. The standard InChI is InChI=1S/C15H30N2O2/c1-12-6-8-13(9-7-12)17(5)14(18)10-16(4)11-15(2,3)19/h12-13,19H,6-11H2,1-5H3. The van der Waals surface area contributed by atoms with E-state index in [1.165, 1.54) is 12.8 Å². The van der Waals surface area contributed by atoms with Gasteiger partial charge in [-0.25, -0.2) is 0 Å². The number of nitrogens with zero attached hydrogens (tertiary/aromatic N) is 2. The molecule has 112 valence electrons. The molecular formula is C15H30N2O2. The maximum atomic E-state index is 12.2. The highest BCUT2D eigenvalue weighted by atomic mass is 16.3. The Bertz CT molecular complexity index is 291. The van der Waals surface area contributed by atoms with Crippen LogP contribution >= 0.6 is 0 Å². The van der Waals surface area contributed by atoms with Gasteiger partial charge in [-0.05, 0) is 52.5 Å². The van der Waals surface area contributed by atoms with Gasteiger partial charge in [0, 0.05) is 19.6 Å². The molecule has 0 aliphatic heterocycles. The second kappa shape index (κ2) is 6.71. The minimum absolute atomic E-state index is 0.159. The fraction of sp³-hybridized carbons (Fsp3) is 0.933. The van der Waals surface area contributed by atoms with E-state index in [1.54, 1.807) is 13.8 Å². The molecule has 1 fully saturated rings. The summed E-state index contributed by atoms with van der Waals surface area (Å²) in [6, 6.07) is 0.402. The van der Waals surface area contributed by atoms with Crippen LogP contribution in [-0.2, 0) is 4.79 Å². The summed E-state index contributed by atoms with van der Waals surface area (Å²) in [6.45, 7) is 6.70. The third-order valence-electron chi connectivity index (χ3n) is 3.99. The molecule has 1 rings (SSSR count). The lowest BCUT2D eigenvalue weighted by Gasteiger charge is -2.35. The van der Waals surface area contributed by atoms with Gasteiger partial charge in [-0.1, -0.05) is 6.92 Å². The average Bonchev–Trinajstić information content (AvgIpc) is 2.26. The van der Waals surface area contributed by atoms with E-state index >= 15 is 0 Å². The first kappa shape index (κ1) is 16.4. The lowest BCUT2D eigenvalue weighted by atomic mass is 9.87. The Balaban J connectivity index is 2.40. The van der Waals surface area contributed by atoms with Crippen LogP contribution in [0.1, 0.15) is 46.5 Å². The highest BCUT2D eigenvalue weighted by Gasteiger charge is 2.26. The van der Waals surface area contributed by atoms with Crippen molar-refractivity contribution in [1.82, 2.24) is 9.80 Å². The summed E-state index contributed by atoms with van der Waals surface area (Å²) in [7, 11) is 3.80. The molecule has 0 heterocycles. The first-order valence-electron chi connectivity index (χ1n) is 7.35. The number of likely N-dealkylation sites (N-methyl/N-ethyl adjacent to an activating group) is 2. The Kier molecular flexibility index (Phi) is 5.81. The van der Waals surface area contributed by atoms with E-state index in [-0.39, 0.29) is 5.91 Å². The van der Waals surface area contributed by atoms with Gasteiger partial charge in [0.1, 0.15) is 0 Å². The molecule has 1 N–H and O–H groups in total. The lowest BCUT2D eigenvalue weighted by molar-refractivity contribution is -0.134. The molecule has 0 saturated heterocycles. The topological polar surface area (TPSA) is 43.8 Å². The fourth-order valence-corrected chi connectivity index (χ4v) is 2.89. The second-order valence-electron chi connectivity index (χ2n) is 6.90. The Labute approximate surface area is 117 Å². The lowest BCUT2D eigenvalue weighted by Crippen LogP contribution is -2.46. The Morgan fingerprint density at radius 1 is 1.21 bits per heavy atom. The van der Waals surface area contributed by atoms with Crippen LogP contribution in [0.2, 0.25) is 0 Å². The molecule has 0 spiro atoms. The van der Waals surface area contributed by atoms with Crippen LogP contribution in [-0.4, -0.2) is 59.6 Å². The number of carbonyl (C=O) groups excluding carboxylic acids is 1. The van der Waals surface area contributed by atoms with Crippen molar-refractivity contribution in [2.24, 2.45) is 5.92 Å². The molecule has 1 aliphatic rings. The van der Waals surface area contributed by atoms with E-state index in [2.05, 4.69) is 6.92 Å². The van der Waals surface area contributed by atoms with E-state index in [4.69, 9.17) is 0 Å². The van der Waals surface area contributed by atoms with Crippen LogP contribution in [0, 0.1) is 5.92 Å². The van der Waals surface area contributed by atoms with Gasteiger partial charge in [0.05, 0.1) is 12.1 Å². The summed E-state index contributed by atoms with van der Waals surface area (Å²) in [5.41, 5.74) is -0.756. The van der Waals surface area contributed by atoms with Crippen molar-refractivity contribution in [2.45, 2.75) is 58.1 Å². The summed E-state index contributed by atoms with van der Waals surface area (Å²) in [5.74, 6) is 0.962. The maximum Gasteiger partial charge on any atom is 0.236 e. The third kappa shape index (κ3) is 5.91. The molecule has 19 heavy (non-hydrogen) atoms. The molecule has 1 aliphatic carbocycles. The number of hydrogen-bond donors (Lipinski definition) is 1. The molecule has 4 heteroatoms. The molecule has 1 amide bonds. The summed E-state index contributed by atoms with van der Waals surface area (Å²) in [4.78, 5) is 16.0. The highest BCUT2D eigenvalue weighted by molar-refractivity contribution is 5.78. The Morgan fingerprint density at radius 3 is 2.21 bits per heavy atom. The molecule has 0 atom stereocenters. The number of aliphatic hydroxyl groups is 1. The maximum absolute atomic E-state index is 12.2. The molecule has 4 nitrogen and oxygen atoms in total. The van der Waals surface area contributed by atoms with Crippen LogP contribution in [0.4, 0.5) is 0 Å². The van der Waals surface area contributed by atoms with Gasteiger partial charge < -0.3 is 10.0 Å². The van der Waals surface area contributed by atoms with Gasteiger partial charge in [-0.2, -0.15) is 0 Å². The van der Waals surface area contributed by atoms with Crippen LogP contribution in [0.25, 0.3) is 0 Å². The van der Waals surface area contributed by atoms with E-state index in [9.17, 15) is 9.90 Å². The molecule has 0 bridgehead atoms. The predicted molar refractivity (Wildman–Crippen MR) is 78.0 cm³/mol. The zero-order valence-electron chi connectivity index (χ0n) is 13.1. The number of rotatable bonds is 5. The normalized spacial score (nSPS) is 24.6. The molecule has 0 aromatic rings. The second-order valence-corrected chi connectivity index (χ2v) is 6.90. The predicted octanol–water partition coefficient (Wildman–Crippen LogP) is 1.73. The summed E-state index contributed by atoms with van der Waals surface area (Å²) < 4.78 is 0. The summed E-state index contributed by atoms with van der Waals surface area (Å²) in [5, 5.41) is 9.75. The van der Waals surface area contributed by atoms with Crippen molar-refractivity contribution in [3.63, 3.8) is 0 Å². The van der Waals surface area contributed by atoms with Gasteiger partial charge in [-0.15, -0.1) is 0 Å². The van der Waals surface area contributed by atoms with E-state index in [0.717, 1.165) is 18.8 Å². The van der Waals surface area contributed by atoms with Crippen LogP contribution < -0.4 is 0 Å². The molecular weight excluding hydrogens is 240 g/mol. The fourth-order valence-electron chi connectivity index (χ4n) is 2.89. The first-order chi connectivity index (χ1) is 8.69. The largest absolute Gasteiger partial charge is 0.389 e. The molecule has 0 radical (unpaired) electrons. The molecule has 0 aromatic heterocycles. The smallest absolute Gasteiger partial charge is 0.236 e. The Morgan fingerprint density at radius 2 is 1.74 bits per heavy atom. The van der Waals surface area contributed by atoms with Crippen LogP contribution in [0.15, 0.2) is 0 Å². The number of carbonyl (C=O) groups is 1. The number of hydrogen-bond acceptors (Lipinski definition) is 3. The van der Waals surface area contributed by atoms with E-state index in [0.29, 0.717) is 19.1 Å². The van der Waals surface area contributed by atoms with Gasteiger partial charge >= 0.3 is 0 Å². The van der Waals surface area contributed by atoms with Crippen molar-refractivity contribution >= 4 is 5.91 Å². The van der Waals surface area contributed by atoms with Gasteiger partial charge in [-0.3, -0.25) is 9.69 Å². The summed E-state index contributed by atoms with van der Waals surface area (Å²) >= 11 is 0. The minimum Gasteiger partial charge on any atom is -0.389 e. The van der Waals surface area contributed by atoms with E-state index in [1.807, 2.05) is 23.9 Å². The summed E-state index contributed by atoms with van der Waals surface area (Å²) in [6.07, 6.45) is 4.70. The molecule has 0 unspecified atom stereocenters. The van der Waals surface area contributed by atoms with Crippen molar-refractivity contribution in [1.29, 1.82) is 0 Å². The quantitative estimate of drug-likeness (QED) is 0.827. The van der Waals surface area contributed by atoms with Crippen LogP contribution in [0.3, 0.4) is 0 Å². The molecule has 0 aromatic carbocycles. The van der Waals surface area contributed by atoms with Crippen molar-refractivity contribution in [3.05, 3.63) is 0 Å². The zero-order valence-corrected chi connectivity index (χ0v) is 13.1. The first-order valence-corrected chi connectivity index (χ1v) is 7.35. The van der Waals surface area contributed by atoms with Crippen molar-refractivity contribution in [2.75, 3.05) is 27.2 Å². The SMILES string of the molecule is CC1CCC(N(C)C(=O)CN(C)CC(C)(C)O)CC1.